The molecule has 2 rings (SSSR count). The van der Waals surface area contributed by atoms with E-state index in [0.29, 0.717) is 19.0 Å². The molecular weight excluding hydrogens is 342 g/mol. The van der Waals surface area contributed by atoms with Crippen molar-refractivity contribution in [1.82, 2.24) is 14.2 Å². The third-order valence-corrected chi connectivity index (χ3v) is 6.59. The zero-order chi connectivity index (χ0) is 18.6. The molecule has 0 saturated carbocycles. The molecule has 0 aromatic carbocycles. The van der Waals surface area contributed by atoms with Gasteiger partial charge in [-0.2, -0.15) is 4.31 Å². The van der Waals surface area contributed by atoms with Gasteiger partial charge in [0.15, 0.2) is 0 Å². The molecule has 25 heavy (non-hydrogen) atoms. The Morgan fingerprint density at radius 1 is 1.36 bits per heavy atom. The number of carbonyl (C=O) groups excluding carboxylic acids is 1. The summed E-state index contributed by atoms with van der Waals surface area (Å²) in [5.74, 6) is 0.181. The second-order valence-electron chi connectivity index (χ2n) is 6.77. The average molecular weight is 369 g/mol. The third-order valence-electron chi connectivity index (χ3n) is 4.68. The molecule has 1 aromatic heterocycles. The second-order valence-corrected chi connectivity index (χ2v) is 8.68. The van der Waals surface area contributed by atoms with Crippen LogP contribution in [0.1, 0.15) is 40.0 Å². The maximum absolute atomic E-state index is 12.8. The standard InChI is InChI=1S/C17H27N3O4S/c1-4-14(3)18-16(21)12-19-9-5-6-15(17(19)22)25(23,24)20-10-7-13(2)8-11-20/h5-6,9,13-14H,4,7-8,10-12H2,1-3H3,(H,18,21)/t14-/m1/s1. The molecule has 0 unspecified atom stereocenters. The molecule has 2 heterocycles. The van der Waals surface area contributed by atoms with Gasteiger partial charge in [-0.15, -0.1) is 0 Å². The number of amides is 1. The van der Waals surface area contributed by atoms with Gasteiger partial charge in [-0.25, -0.2) is 8.42 Å². The minimum Gasteiger partial charge on any atom is -0.352 e. The molecule has 1 atom stereocenters. The van der Waals surface area contributed by atoms with Gasteiger partial charge in [0.2, 0.25) is 15.9 Å². The lowest BCUT2D eigenvalue weighted by Crippen LogP contribution is -2.42. The smallest absolute Gasteiger partial charge is 0.271 e. The number of nitrogens with zero attached hydrogens (tertiary/aromatic N) is 2. The summed E-state index contributed by atoms with van der Waals surface area (Å²) < 4.78 is 28.1. The Balaban J connectivity index is 2.23. The van der Waals surface area contributed by atoms with E-state index in [2.05, 4.69) is 12.2 Å². The molecule has 1 aliphatic rings. The van der Waals surface area contributed by atoms with E-state index in [1.807, 2.05) is 13.8 Å². The summed E-state index contributed by atoms with van der Waals surface area (Å²) in [4.78, 5) is 24.3. The van der Waals surface area contributed by atoms with Crippen molar-refractivity contribution in [3.8, 4) is 0 Å². The van der Waals surface area contributed by atoms with E-state index < -0.39 is 15.6 Å². The maximum Gasteiger partial charge on any atom is 0.271 e. The molecular formula is C17H27N3O4S. The maximum atomic E-state index is 12.8. The molecule has 0 spiro atoms. The van der Waals surface area contributed by atoms with E-state index in [0.717, 1.165) is 23.8 Å². The third kappa shape index (κ3) is 4.70. The lowest BCUT2D eigenvalue weighted by atomic mass is 10.0. The number of aromatic nitrogens is 1. The fraction of sp³-hybridized carbons (Fsp3) is 0.647. The monoisotopic (exact) mass is 369 g/mol. The number of pyridine rings is 1. The van der Waals surface area contributed by atoms with Gasteiger partial charge >= 0.3 is 0 Å². The van der Waals surface area contributed by atoms with Crippen LogP contribution in [0, 0.1) is 5.92 Å². The van der Waals surface area contributed by atoms with Gasteiger partial charge in [0, 0.05) is 25.3 Å². The Morgan fingerprint density at radius 3 is 2.60 bits per heavy atom. The summed E-state index contributed by atoms with van der Waals surface area (Å²) in [7, 11) is -3.83. The first-order valence-corrected chi connectivity index (χ1v) is 10.2. The van der Waals surface area contributed by atoms with Crippen molar-refractivity contribution in [2.75, 3.05) is 13.1 Å². The molecule has 1 N–H and O–H groups in total. The van der Waals surface area contributed by atoms with Gasteiger partial charge in [0.05, 0.1) is 0 Å². The van der Waals surface area contributed by atoms with E-state index >= 15 is 0 Å². The molecule has 1 aromatic rings. The number of hydrogen-bond donors (Lipinski definition) is 1. The van der Waals surface area contributed by atoms with Crippen molar-refractivity contribution in [1.29, 1.82) is 0 Å². The van der Waals surface area contributed by atoms with E-state index in [1.54, 1.807) is 0 Å². The number of nitrogens with one attached hydrogen (secondary N) is 1. The zero-order valence-electron chi connectivity index (χ0n) is 15.1. The van der Waals surface area contributed by atoms with Crippen molar-refractivity contribution >= 4 is 15.9 Å². The van der Waals surface area contributed by atoms with Crippen molar-refractivity contribution in [2.24, 2.45) is 5.92 Å². The topological polar surface area (TPSA) is 88.5 Å². The van der Waals surface area contributed by atoms with Crippen LogP contribution in [0.4, 0.5) is 0 Å². The molecule has 0 aliphatic carbocycles. The molecule has 1 fully saturated rings. The minimum atomic E-state index is -3.83. The lowest BCUT2D eigenvalue weighted by Gasteiger charge is -2.29. The SMILES string of the molecule is CC[C@@H](C)NC(=O)Cn1cccc(S(=O)(=O)N2CCC(C)CC2)c1=O. The Hall–Kier alpha value is -1.67. The van der Waals surface area contributed by atoms with Crippen LogP contribution in [0.5, 0.6) is 0 Å². The van der Waals surface area contributed by atoms with Gasteiger partial charge in [-0.3, -0.25) is 9.59 Å². The number of rotatable bonds is 6. The summed E-state index contributed by atoms with van der Waals surface area (Å²) in [5.41, 5.74) is -0.652. The first kappa shape index (κ1) is 19.7. The molecule has 8 heteroatoms. The normalized spacial score (nSPS) is 18.0. The van der Waals surface area contributed by atoms with Crippen molar-refractivity contribution in [3.63, 3.8) is 0 Å². The van der Waals surface area contributed by atoms with Crippen LogP contribution >= 0.6 is 0 Å². The Labute approximate surface area is 149 Å². The highest BCUT2D eigenvalue weighted by Crippen LogP contribution is 2.21. The quantitative estimate of drug-likeness (QED) is 0.816. The van der Waals surface area contributed by atoms with Crippen LogP contribution < -0.4 is 10.9 Å². The van der Waals surface area contributed by atoms with Crippen LogP contribution in [-0.2, 0) is 21.4 Å². The zero-order valence-corrected chi connectivity index (χ0v) is 15.9. The van der Waals surface area contributed by atoms with Crippen molar-refractivity contribution in [3.05, 3.63) is 28.7 Å². The summed E-state index contributed by atoms with van der Waals surface area (Å²) >= 11 is 0. The first-order valence-electron chi connectivity index (χ1n) is 8.74. The lowest BCUT2D eigenvalue weighted by molar-refractivity contribution is -0.122. The van der Waals surface area contributed by atoms with E-state index in [1.165, 1.54) is 22.6 Å². The van der Waals surface area contributed by atoms with E-state index in [-0.39, 0.29) is 23.4 Å². The van der Waals surface area contributed by atoms with Gasteiger partial charge in [-0.1, -0.05) is 13.8 Å². The molecule has 7 nitrogen and oxygen atoms in total. The largest absolute Gasteiger partial charge is 0.352 e. The summed E-state index contributed by atoms with van der Waals surface area (Å²) in [6.07, 6.45) is 3.80. The van der Waals surface area contributed by atoms with E-state index in [4.69, 9.17) is 0 Å². The molecule has 1 aliphatic heterocycles. The molecule has 1 saturated heterocycles. The van der Waals surface area contributed by atoms with Crippen LogP contribution in [0.2, 0.25) is 0 Å². The summed E-state index contributed by atoms with van der Waals surface area (Å²) in [6.45, 7) is 6.57. The Bertz CT molecular complexity index is 764. The van der Waals surface area contributed by atoms with Crippen molar-refractivity contribution < 1.29 is 13.2 Å². The van der Waals surface area contributed by atoms with Gasteiger partial charge in [0.1, 0.15) is 11.4 Å². The highest BCUT2D eigenvalue weighted by atomic mass is 32.2. The van der Waals surface area contributed by atoms with Gasteiger partial charge in [-0.05, 0) is 44.2 Å². The first-order chi connectivity index (χ1) is 11.8. The molecule has 140 valence electrons. The van der Waals surface area contributed by atoms with E-state index in [9.17, 15) is 18.0 Å². The van der Waals surface area contributed by atoms with Gasteiger partial charge < -0.3 is 9.88 Å². The van der Waals surface area contributed by atoms with Crippen LogP contribution in [0.3, 0.4) is 0 Å². The molecule has 0 radical (unpaired) electrons. The van der Waals surface area contributed by atoms with Crippen LogP contribution in [-0.4, -0.2) is 42.3 Å². The number of piperidine rings is 1. The van der Waals surface area contributed by atoms with Gasteiger partial charge in [0.25, 0.3) is 5.56 Å². The predicted octanol–water partition coefficient (Wildman–Crippen LogP) is 1.18. The molecule has 1 amide bonds. The Morgan fingerprint density at radius 2 is 2.00 bits per heavy atom. The number of carbonyl (C=O) groups is 1. The average Bonchev–Trinajstić information content (AvgIpc) is 2.56. The highest BCUT2D eigenvalue weighted by Gasteiger charge is 2.30. The number of sulfonamides is 1. The summed E-state index contributed by atoms with van der Waals surface area (Å²) in [6, 6.07) is 2.82. The number of hydrogen-bond acceptors (Lipinski definition) is 4. The summed E-state index contributed by atoms with van der Waals surface area (Å²) in [5, 5.41) is 2.77. The van der Waals surface area contributed by atoms with Crippen LogP contribution in [0.25, 0.3) is 0 Å². The fourth-order valence-electron chi connectivity index (χ4n) is 2.78. The highest BCUT2D eigenvalue weighted by molar-refractivity contribution is 7.89. The fourth-order valence-corrected chi connectivity index (χ4v) is 4.34. The minimum absolute atomic E-state index is 0.00505. The predicted molar refractivity (Wildman–Crippen MR) is 95.8 cm³/mol. The Kier molecular flexibility index (Phi) is 6.40. The second kappa shape index (κ2) is 8.14. The van der Waals surface area contributed by atoms with Crippen LogP contribution in [0.15, 0.2) is 28.0 Å². The van der Waals surface area contributed by atoms with Crippen molar-refractivity contribution in [2.45, 2.75) is 57.5 Å². The molecule has 0 bridgehead atoms.